The Morgan fingerprint density at radius 1 is 1.24 bits per heavy atom. The van der Waals surface area contributed by atoms with E-state index in [1.165, 1.54) is 19.5 Å². The summed E-state index contributed by atoms with van der Waals surface area (Å²) in [5, 5.41) is 19.7. The molecule has 2 bridgehead atoms. The number of rotatable bonds is 8. The summed E-state index contributed by atoms with van der Waals surface area (Å²) < 4.78 is 40.3. The third-order valence-corrected chi connectivity index (χ3v) is 6.22. The van der Waals surface area contributed by atoms with Crippen molar-refractivity contribution in [2.45, 2.75) is 55.7 Å². The van der Waals surface area contributed by atoms with Gasteiger partial charge in [-0.1, -0.05) is 5.16 Å². The van der Waals surface area contributed by atoms with Gasteiger partial charge in [0.05, 0.1) is 31.1 Å². The number of alkyl halides is 2. The van der Waals surface area contributed by atoms with E-state index in [0.29, 0.717) is 31.4 Å². The fraction of sp³-hybridized carbons (Fsp3) is 0.550. The maximum Gasteiger partial charge on any atom is 0.316 e. The highest BCUT2D eigenvalue weighted by Gasteiger charge is 2.55. The molecule has 13 heteroatoms. The van der Waals surface area contributed by atoms with Crippen LogP contribution in [0.4, 0.5) is 8.78 Å². The molecule has 3 fully saturated rings. The lowest BCUT2D eigenvalue weighted by Gasteiger charge is -2.56. The van der Waals surface area contributed by atoms with Crippen molar-refractivity contribution in [3.05, 3.63) is 29.9 Å². The van der Waals surface area contributed by atoms with E-state index in [9.17, 15) is 23.5 Å². The number of carbonyl (C=O) groups is 2. The number of nitrogens with zero attached hydrogens (tertiary/aromatic N) is 3. The molecule has 5 rings (SSSR count). The lowest BCUT2D eigenvalue weighted by molar-refractivity contribution is -0.132. The summed E-state index contributed by atoms with van der Waals surface area (Å²) in [5.74, 6) is -1.11. The molecule has 0 unspecified atom stereocenters. The number of aromatic nitrogens is 3. The smallest absolute Gasteiger partial charge is 0.316 e. The molecule has 2 heterocycles. The van der Waals surface area contributed by atoms with Crippen molar-refractivity contribution in [1.82, 2.24) is 25.8 Å². The molecule has 0 saturated heterocycles. The van der Waals surface area contributed by atoms with Crippen molar-refractivity contribution >= 4 is 11.8 Å². The highest BCUT2D eigenvalue weighted by molar-refractivity contribution is 5.92. The summed E-state index contributed by atoms with van der Waals surface area (Å²) in [6, 6.07) is 1.07. The second-order valence-electron chi connectivity index (χ2n) is 8.27. The average molecular weight is 467 g/mol. The van der Waals surface area contributed by atoms with E-state index in [-0.39, 0.29) is 24.8 Å². The Kier molecular flexibility index (Phi) is 6.15. The topological polar surface area (TPSA) is 149 Å². The Hall–Kier alpha value is -3.35. The molecule has 0 aliphatic heterocycles. The van der Waals surface area contributed by atoms with Gasteiger partial charge in [0, 0.05) is 11.6 Å². The number of carbonyl (C=O) groups excluding carboxylic acids is 2. The third kappa shape index (κ3) is 4.72. The number of halogens is 2. The second kappa shape index (κ2) is 8.89. The summed E-state index contributed by atoms with van der Waals surface area (Å²) >= 11 is 0. The largest absolute Gasteiger partial charge is 0.481 e. The molecule has 2 amide bonds. The fourth-order valence-corrected chi connectivity index (χ4v) is 4.41. The van der Waals surface area contributed by atoms with E-state index >= 15 is 0 Å². The van der Waals surface area contributed by atoms with Gasteiger partial charge in [-0.2, -0.15) is 9.97 Å². The van der Waals surface area contributed by atoms with Crippen LogP contribution in [0, 0.1) is 0 Å². The zero-order valence-corrected chi connectivity index (χ0v) is 17.7. The first kappa shape index (κ1) is 22.8. The van der Waals surface area contributed by atoms with Gasteiger partial charge in [0.2, 0.25) is 5.76 Å². The van der Waals surface area contributed by atoms with Crippen LogP contribution in [0.25, 0.3) is 0 Å². The summed E-state index contributed by atoms with van der Waals surface area (Å²) in [6.07, 6.45) is 1.01. The van der Waals surface area contributed by atoms with Crippen LogP contribution in [0.2, 0.25) is 0 Å². The standard InChI is InChI=1S/C20H23F2N5O6/c1-31-18-23-8-11(9-24-18)32-10-15(29)25-20-4-2-19(3-5-20,7-14(20)28)26-17(30)13-6-12(16(21)22)27-33-13/h6,8-9,14,16,28H,2-5,7,10H2,1H3,(H,25,29)(H,26,30)/t14-,19?,20?/m0/s1. The van der Waals surface area contributed by atoms with E-state index in [0.717, 1.165) is 6.07 Å². The van der Waals surface area contributed by atoms with Gasteiger partial charge < -0.3 is 29.7 Å². The summed E-state index contributed by atoms with van der Waals surface area (Å²) in [5.41, 5.74) is -2.18. The predicted molar refractivity (Wildman–Crippen MR) is 106 cm³/mol. The Labute approximate surface area is 186 Å². The molecule has 0 aromatic carbocycles. The zero-order chi connectivity index (χ0) is 23.6. The molecule has 33 heavy (non-hydrogen) atoms. The molecule has 2 aromatic heterocycles. The number of fused-ring (bicyclic) bond motifs is 3. The minimum absolute atomic E-state index is 0.173. The molecular weight excluding hydrogens is 444 g/mol. The van der Waals surface area contributed by atoms with Gasteiger partial charge in [0.25, 0.3) is 18.2 Å². The molecule has 178 valence electrons. The number of hydrogen-bond acceptors (Lipinski definition) is 9. The number of hydrogen-bond donors (Lipinski definition) is 3. The van der Waals surface area contributed by atoms with E-state index in [1.54, 1.807) is 0 Å². The van der Waals surface area contributed by atoms with Gasteiger partial charge in [0.15, 0.2) is 18.1 Å². The van der Waals surface area contributed by atoms with Gasteiger partial charge in [-0.05, 0) is 32.1 Å². The van der Waals surface area contributed by atoms with E-state index < -0.39 is 41.1 Å². The number of ether oxygens (including phenoxy) is 2. The Balaban J connectivity index is 1.32. The average Bonchev–Trinajstić information content (AvgIpc) is 3.30. The first-order valence-corrected chi connectivity index (χ1v) is 10.3. The lowest BCUT2D eigenvalue weighted by Crippen LogP contribution is -2.70. The zero-order valence-electron chi connectivity index (χ0n) is 17.7. The summed E-state index contributed by atoms with van der Waals surface area (Å²) in [6.45, 7) is -0.288. The van der Waals surface area contributed by atoms with Crippen molar-refractivity contribution in [1.29, 1.82) is 0 Å². The van der Waals surface area contributed by atoms with Gasteiger partial charge >= 0.3 is 6.01 Å². The normalized spacial score (nSPS) is 26.2. The number of methoxy groups -OCH3 is 1. The molecule has 3 saturated carbocycles. The lowest BCUT2D eigenvalue weighted by atomic mass is 9.60. The van der Waals surface area contributed by atoms with Crippen LogP contribution in [0.1, 0.15) is 54.8 Å². The highest BCUT2D eigenvalue weighted by atomic mass is 19.3. The van der Waals surface area contributed by atoms with Gasteiger partial charge in [-0.3, -0.25) is 9.59 Å². The molecule has 1 atom stereocenters. The molecular formula is C20H23F2N5O6. The van der Waals surface area contributed by atoms with E-state index in [2.05, 4.69) is 25.8 Å². The first-order valence-electron chi connectivity index (χ1n) is 10.3. The van der Waals surface area contributed by atoms with Gasteiger partial charge in [-0.25, -0.2) is 8.78 Å². The fourth-order valence-electron chi connectivity index (χ4n) is 4.41. The summed E-state index contributed by atoms with van der Waals surface area (Å²) in [7, 11) is 1.43. The van der Waals surface area contributed by atoms with Crippen LogP contribution in [-0.2, 0) is 4.79 Å². The summed E-state index contributed by atoms with van der Waals surface area (Å²) in [4.78, 5) is 32.7. The maximum atomic E-state index is 12.7. The number of nitrogens with one attached hydrogen (secondary N) is 2. The first-order chi connectivity index (χ1) is 15.7. The number of amides is 2. The van der Waals surface area contributed by atoms with E-state index in [1.807, 2.05) is 0 Å². The highest BCUT2D eigenvalue weighted by Crippen LogP contribution is 2.47. The molecule has 0 radical (unpaired) electrons. The molecule has 3 N–H and O–H groups in total. The van der Waals surface area contributed by atoms with Crippen LogP contribution in [-0.4, -0.2) is 62.9 Å². The minimum Gasteiger partial charge on any atom is -0.481 e. The molecule has 3 aliphatic carbocycles. The van der Waals surface area contributed by atoms with Crippen LogP contribution in [0.5, 0.6) is 11.8 Å². The molecule has 0 spiro atoms. The maximum absolute atomic E-state index is 12.7. The Morgan fingerprint density at radius 2 is 1.94 bits per heavy atom. The third-order valence-electron chi connectivity index (χ3n) is 6.22. The van der Waals surface area contributed by atoms with Crippen LogP contribution in [0.3, 0.4) is 0 Å². The number of aliphatic hydroxyl groups excluding tert-OH is 1. The second-order valence-corrected chi connectivity index (χ2v) is 8.27. The number of aliphatic hydroxyl groups is 1. The monoisotopic (exact) mass is 467 g/mol. The van der Waals surface area contributed by atoms with Crippen LogP contribution < -0.4 is 20.1 Å². The van der Waals surface area contributed by atoms with Crippen molar-refractivity contribution in [2.75, 3.05) is 13.7 Å². The van der Waals surface area contributed by atoms with Gasteiger partial charge in [0.1, 0.15) is 0 Å². The Morgan fingerprint density at radius 3 is 2.52 bits per heavy atom. The van der Waals surface area contributed by atoms with E-state index in [4.69, 9.17) is 14.0 Å². The molecule has 2 aromatic rings. The van der Waals surface area contributed by atoms with Crippen molar-refractivity contribution in [2.24, 2.45) is 0 Å². The van der Waals surface area contributed by atoms with Gasteiger partial charge in [-0.15, -0.1) is 0 Å². The van der Waals surface area contributed by atoms with Crippen molar-refractivity contribution in [3.63, 3.8) is 0 Å². The minimum atomic E-state index is -2.84. The Bertz CT molecular complexity index is 1010. The van der Waals surface area contributed by atoms with Crippen molar-refractivity contribution < 1.29 is 37.5 Å². The molecule has 11 nitrogen and oxygen atoms in total. The molecule has 3 aliphatic rings. The quantitative estimate of drug-likeness (QED) is 0.520. The predicted octanol–water partition coefficient (Wildman–Crippen LogP) is 1.15. The van der Waals surface area contributed by atoms with Crippen LogP contribution in [0.15, 0.2) is 23.0 Å². The SMILES string of the molecule is COc1ncc(OCC(=O)NC23CCC(NC(=O)c4cc(C(F)F)no4)(CC2)C[C@@H]3O)cn1. The van der Waals surface area contributed by atoms with Crippen molar-refractivity contribution in [3.8, 4) is 11.8 Å². The van der Waals surface area contributed by atoms with Crippen LogP contribution >= 0.6 is 0 Å².